The highest BCUT2D eigenvalue weighted by molar-refractivity contribution is 7.92. The number of anilines is 2. The number of aromatic nitrogens is 1. The van der Waals surface area contributed by atoms with Crippen molar-refractivity contribution in [1.82, 2.24) is 4.98 Å². The van der Waals surface area contributed by atoms with E-state index in [1.54, 1.807) is 0 Å². The largest absolute Gasteiger partial charge is 0.497 e. The van der Waals surface area contributed by atoms with Gasteiger partial charge in [-0.3, -0.25) is 4.72 Å². The molecule has 0 saturated carbocycles. The lowest BCUT2D eigenvalue weighted by molar-refractivity contribution is 0.415. The van der Waals surface area contributed by atoms with Gasteiger partial charge < -0.3 is 10.5 Å². The van der Waals surface area contributed by atoms with Gasteiger partial charge in [-0.1, -0.05) is 0 Å². The lowest BCUT2D eigenvalue weighted by Crippen LogP contribution is -2.17. The van der Waals surface area contributed by atoms with Crippen LogP contribution in [0.15, 0.2) is 41.6 Å². The monoisotopic (exact) mass is 297 g/mol. The topological polar surface area (TPSA) is 94.3 Å². The van der Waals surface area contributed by atoms with Crippen LogP contribution in [0.25, 0.3) is 0 Å². The molecule has 20 heavy (non-hydrogen) atoms. The van der Waals surface area contributed by atoms with Crippen molar-refractivity contribution in [3.8, 4) is 5.75 Å². The van der Waals surface area contributed by atoms with Crippen LogP contribution in [-0.4, -0.2) is 20.5 Å². The molecule has 0 aliphatic heterocycles. The van der Waals surface area contributed by atoms with Gasteiger partial charge in [0.05, 0.1) is 18.5 Å². The first kappa shape index (κ1) is 14.1. The summed E-state index contributed by atoms with van der Waals surface area (Å²) in [5.74, 6) is -0.457. The molecule has 8 heteroatoms. The molecule has 6 nitrogen and oxygen atoms in total. The van der Waals surface area contributed by atoms with Crippen molar-refractivity contribution in [1.29, 1.82) is 0 Å². The van der Waals surface area contributed by atoms with Crippen molar-refractivity contribution in [3.05, 3.63) is 42.3 Å². The lowest BCUT2D eigenvalue weighted by atomic mass is 10.2. The van der Waals surface area contributed by atoms with E-state index < -0.39 is 20.9 Å². The molecule has 0 aliphatic carbocycles. The van der Waals surface area contributed by atoms with Crippen molar-refractivity contribution in [2.45, 2.75) is 5.03 Å². The fourth-order valence-electron chi connectivity index (χ4n) is 1.52. The maximum absolute atomic E-state index is 13.5. The fraction of sp³-hybridized carbons (Fsp3) is 0.0833. The third kappa shape index (κ3) is 2.80. The highest BCUT2D eigenvalue weighted by atomic mass is 32.2. The Morgan fingerprint density at radius 1 is 1.35 bits per heavy atom. The normalized spacial score (nSPS) is 11.1. The van der Waals surface area contributed by atoms with E-state index in [1.165, 1.54) is 37.6 Å². The van der Waals surface area contributed by atoms with E-state index in [0.29, 0.717) is 5.75 Å². The van der Waals surface area contributed by atoms with Crippen LogP contribution in [0.3, 0.4) is 0 Å². The van der Waals surface area contributed by atoms with Gasteiger partial charge in [-0.2, -0.15) is 8.42 Å². The van der Waals surface area contributed by atoms with E-state index in [2.05, 4.69) is 9.71 Å². The minimum absolute atomic E-state index is 0.121. The molecule has 0 amide bonds. The van der Waals surface area contributed by atoms with E-state index in [0.717, 1.165) is 6.07 Å². The van der Waals surface area contributed by atoms with E-state index in [-0.39, 0.29) is 11.4 Å². The van der Waals surface area contributed by atoms with E-state index >= 15 is 0 Å². The quantitative estimate of drug-likeness (QED) is 0.836. The van der Waals surface area contributed by atoms with Crippen molar-refractivity contribution < 1.29 is 17.5 Å². The molecular formula is C12H12FN3O3S. The number of nitrogens with two attached hydrogens (primary N) is 1. The molecular weight excluding hydrogens is 285 g/mol. The second kappa shape index (κ2) is 5.33. The predicted molar refractivity (Wildman–Crippen MR) is 72.4 cm³/mol. The number of ether oxygens (including phenoxy) is 1. The fourth-order valence-corrected chi connectivity index (χ4v) is 2.62. The van der Waals surface area contributed by atoms with Gasteiger partial charge in [-0.25, -0.2) is 9.37 Å². The number of pyridine rings is 1. The Balaban J connectivity index is 2.36. The molecule has 0 radical (unpaired) electrons. The SMILES string of the molecule is COc1ccc(NS(=O)(=O)c2ncccc2F)c(N)c1. The molecule has 0 saturated heterocycles. The molecule has 3 N–H and O–H groups in total. The van der Waals surface area contributed by atoms with Crippen LogP contribution in [0.4, 0.5) is 15.8 Å². The maximum Gasteiger partial charge on any atom is 0.282 e. The summed E-state index contributed by atoms with van der Waals surface area (Å²) >= 11 is 0. The van der Waals surface area contributed by atoms with Gasteiger partial charge in [-0.05, 0) is 24.3 Å². The van der Waals surface area contributed by atoms with Crippen molar-refractivity contribution in [2.75, 3.05) is 17.6 Å². The molecule has 106 valence electrons. The van der Waals surface area contributed by atoms with Crippen LogP contribution in [0.1, 0.15) is 0 Å². The molecule has 0 spiro atoms. The molecule has 0 bridgehead atoms. The minimum Gasteiger partial charge on any atom is -0.497 e. The van der Waals surface area contributed by atoms with Gasteiger partial charge in [0.15, 0.2) is 5.82 Å². The second-order valence-electron chi connectivity index (χ2n) is 3.85. The van der Waals surface area contributed by atoms with Gasteiger partial charge in [-0.15, -0.1) is 0 Å². The number of methoxy groups -OCH3 is 1. The summed E-state index contributed by atoms with van der Waals surface area (Å²) < 4.78 is 44.7. The standard InChI is InChI=1S/C12H12FN3O3S/c1-19-8-4-5-11(10(14)7-8)16-20(17,18)12-9(13)3-2-6-15-12/h2-7,16H,14H2,1H3. The maximum atomic E-state index is 13.5. The van der Waals surface area contributed by atoms with Crippen LogP contribution >= 0.6 is 0 Å². The number of rotatable bonds is 4. The first-order chi connectivity index (χ1) is 9.44. The van der Waals surface area contributed by atoms with Crippen LogP contribution in [-0.2, 0) is 10.0 Å². The number of hydrogen-bond acceptors (Lipinski definition) is 5. The number of nitrogens with zero attached hydrogens (tertiary/aromatic N) is 1. The zero-order chi connectivity index (χ0) is 14.8. The summed E-state index contributed by atoms with van der Waals surface area (Å²) in [6.45, 7) is 0. The molecule has 0 unspecified atom stereocenters. The summed E-state index contributed by atoms with van der Waals surface area (Å²) in [7, 11) is -2.68. The Kier molecular flexibility index (Phi) is 3.75. The molecule has 0 atom stereocenters. The van der Waals surface area contributed by atoms with Gasteiger partial charge >= 0.3 is 0 Å². The van der Waals surface area contributed by atoms with E-state index in [4.69, 9.17) is 10.5 Å². The molecule has 2 rings (SSSR count). The highest BCUT2D eigenvalue weighted by Crippen LogP contribution is 2.26. The minimum atomic E-state index is -4.14. The molecule has 1 aromatic carbocycles. The van der Waals surface area contributed by atoms with Gasteiger partial charge in [0.1, 0.15) is 5.75 Å². The molecule has 0 fully saturated rings. The molecule has 2 aromatic rings. The number of hydrogen-bond donors (Lipinski definition) is 2. The average molecular weight is 297 g/mol. The number of nitrogens with one attached hydrogen (secondary N) is 1. The summed E-state index contributed by atoms with van der Waals surface area (Å²) in [4.78, 5) is 3.52. The van der Waals surface area contributed by atoms with Crippen molar-refractivity contribution in [2.24, 2.45) is 0 Å². The Morgan fingerprint density at radius 2 is 2.10 bits per heavy atom. The number of sulfonamides is 1. The Labute approximate surface area is 115 Å². The summed E-state index contributed by atoms with van der Waals surface area (Å²) in [6.07, 6.45) is 1.19. The smallest absolute Gasteiger partial charge is 0.282 e. The number of nitrogen functional groups attached to an aromatic ring is 1. The number of benzene rings is 1. The van der Waals surface area contributed by atoms with Crippen LogP contribution < -0.4 is 15.2 Å². The van der Waals surface area contributed by atoms with Crippen molar-refractivity contribution >= 4 is 21.4 Å². The Morgan fingerprint density at radius 3 is 2.70 bits per heavy atom. The Hall–Kier alpha value is -2.35. The third-order valence-electron chi connectivity index (χ3n) is 2.48. The summed E-state index contributed by atoms with van der Waals surface area (Å²) in [5.41, 5.74) is 5.98. The van der Waals surface area contributed by atoms with Crippen LogP contribution in [0.5, 0.6) is 5.75 Å². The molecule has 1 heterocycles. The van der Waals surface area contributed by atoms with Crippen molar-refractivity contribution in [3.63, 3.8) is 0 Å². The van der Waals surface area contributed by atoms with Crippen LogP contribution in [0.2, 0.25) is 0 Å². The highest BCUT2D eigenvalue weighted by Gasteiger charge is 2.21. The number of halogens is 1. The second-order valence-corrected chi connectivity index (χ2v) is 5.45. The van der Waals surface area contributed by atoms with E-state index in [9.17, 15) is 12.8 Å². The summed E-state index contributed by atoms with van der Waals surface area (Å²) in [5, 5.41) is -0.685. The lowest BCUT2D eigenvalue weighted by Gasteiger charge is -2.11. The zero-order valence-corrected chi connectivity index (χ0v) is 11.3. The zero-order valence-electron chi connectivity index (χ0n) is 10.5. The predicted octanol–water partition coefficient (Wildman–Crippen LogP) is 1.61. The van der Waals surface area contributed by atoms with Gasteiger partial charge in [0.2, 0.25) is 5.03 Å². The average Bonchev–Trinajstić information content (AvgIpc) is 2.41. The van der Waals surface area contributed by atoms with Crippen LogP contribution in [0, 0.1) is 5.82 Å². The summed E-state index contributed by atoms with van der Waals surface area (Å²) in [6, 6.07) is 6.72. The molecule has 0 aliphatic rings. The Bertz CT molecular complexity index is 734. The first-order valence-electron chi connectivity index (χ1n) is 5.51. The first-order valence-corrected chi connectivity index (χ1v) is 6.99. The third-order valence-corrected chi connectivity index (χ3v) is 3.78. The van der Waals surface area contributed by atoms with E-state index in [1.807, 2.05) is 0 Å². The van der Waals surface area contributed by atoms with Gasteiger partial charge in [0, 0.05) is 12.3 Å². The van der Waals surface area contributed by atoms with Gasteiger partial charge in [0.25, 0.3) is 10.0 Å². The molecule has 1 aromatic heterocycles.